The first-order valence-corrected chi connectivity index (χ1v) is 13.0. The Hall–Kier alpha value is -3.77. The summed E-state index contributed by atoms with van der Waals surface area (Å²) in [6, 6.07) is 26.2. The summed E-state index contributed by atoms with van der Waals surface area (Å²) in [5.74, 6) is -0.828. The second-order valence-electron chi connectivity index (χ2n) is 9.98. The number of benzene rings is 3. The Labute approximate surface area is 219 Å². The number of carboxylic acid groups (broad SMARTS) is 1. The van der Waals surface area contributed by atoms with Gasteiger partial charge >= 0.3 is 5.97 Å². The Morgan fingerprint density at radius 1 is 0.973 bits per heavy atom. The number of amides is 1. The summed E-state index contributed by atoms with van der Waals surface area (Å²) in [6.07, 6.45) is 2.20. The van der Waals surface area contributed by atoms with Crippen molar-refractivity contribution in [3.05, 3.63) is 102 Å². The third-order valence-corrected chi connectivity index (χ3v) is 6.65. The number of carboxylic acids is 1. The van der Waals surface area contributed by atoms with Crippen LogP contribution in [0.3, 0.4) is 0 Å². The third kappa shape index (κ3) is 6.92. The summed E-state index contributed by atoms with van der Waals surface area (Å²) < 4.78 is 0. The van der Waals surface area contributed by atoms with Gasteiger partial charge in [0.05, 0.1) is 17.4 Å². The van der Waals surface area contributed by atoms with Gasteiger partial charge in [-0.15, -0.1) is 0 Å². The fourth-order valence-electron chi connectivity index (χ4n) is 4.85. The van der Waals surface area contributed by atoms with Gasteiger partial charge in [-0.05, 0) is 43.4 Å². The Kier molecular flexibility index (Phi) is 8.86. The minimum absolute atomic E-state index is 0.0507. The number of hydrogen-bond donors (Lipinski definition) is 2. The van der Waals surface area contributed by atoms with Crippen LogP contribution in [-0.4, -0.2) is 46.2 Å². The zero-order chi connectivity index (χ0) is 26.2. The van der Waals surface area contributed by atoms with E-state index in [1.54, 1.807) is 0 Å². The topological polar surface area (TPSA) is 82.0 Å². The quantitative estimate of drug-likeness (QED) is 0.356. The van der Waals surface area contributed by atoms with Crippen LogP contribution in [0.25, 0.3) is 0 Å². The molecule has 0 saturated carbocycles. The summed E-state index contributed by atoms with van der Waals surface area (Å²) >= 11 is 0. The standard InChI is InChI=1S/C31H35N3O3/c1-22(2)20-27(31(36)37)32-29(24-14-7-4-8-15-24)25-16-9-10-17-26(25)33-30(35)28-18-11-19-34(28)21-23-12-5-3-6-13-23/h3-10,12-17,22,27-28H,11,18-21H2,1-2H3,(H,33,35)(H,36,37)/t27-,28-/m0/s1. The van der Waals surface area contributed by atoms with E-state index in [0.29, 0.717) is 23.4 Å². The molecular weight excluding hydrogens is 462 g/mol. The van der Waals surface area contributed by atoms with Crippen LogP contribution in [0.1, 0.15) is 49.8 Å². The molecule has 3 aromatic rings. The number of nitrogens with zero attached hydrogens (tertiary/aromatic N) is 2. The highest BCUT2D eigenvalue weighted by molar-refractivity contribution is 6.17. The average Bonchev–Trinajstić information content (AvgIpc) is 3.36. The average molecular weight is 498 g/mol. The predicted molar refractivity (Wildman–Crippen MR) is 148 cm³/mol. The molecule has 0 aromatic heterocycles. The van der Waals surface area contributed by atoms with E-state index in [1.165, 1.54) is 5.56 Å². The van der Waals surface area contributed by atoms with E-state index in [4.69, 9.17) is 4.99 Å². The van der Waals surface area contributed by atoms with E-state index >= 15 is 0 Å². The van der Waals surface area contributed by atoms with Crippen molar-refractivity contribution in [3.8, 4) is 0 Å². The first-order chi connectivity index (χ1) is 17.9. The maximum Gasteiger partial charge on any atom is 0.328 e. The van der Waals surface area contributed by atoms with Gasteiger partial charge in [-0.2, -0.15) is 0 Å². The molecular formula is C31H35N3O3. The number of aliphatic carboxylic acids is 1. The number of para-hydroxylation sites is 1. The van der Waals surface area contributed by atoms with Gasteiger partial charge in [0.25, 0.3) is 0 Å². The molecule has 0 unspecified atom stereocenters. The Balaban J connectivity index is 1.64. The molecule has 0 bridgehead atoms. The number of carbonyl (C=O) groups is 2. The Bertz CT molecular complexity index is 1220. The van der Waals surface area contributed by atoms with E-state index in [-0.39, 0.29) is 17.9 Å². The SMILES string of the molecule is CC(C)C[C@H](N=C(c1ccccc1)c1ccccc1NC(=O)[C@@H]1CCCN1Cc1ccccc1)C(=O)O. The fraction of sp³-hybridized carbons (Fsp3) is 0.323. The molecule has 1 saturated heterocycles. The molecule has 6 heteroatoms. The number of hydrogen-bond acceptors (Lipinski definition) is 4. The fourth-order valence-corrected chi connectivity index (χ4v) is 4.85. The molecule has 4 rings (SSSR count). The van der Waals surface area contributed by atoms with E-state index in [9.17, 15) is 14.7 Å². The molecule has 1 aliphatic rings. The lowest BCUT2D eigenvalue weighted by Gasteiger charge is -2.24. The lowest BCUT2D eigenvalue weighted by Crippen LogP contribution is -2.39. The molecule has 1 aliphatic heterocycles. The smallest absolute Gasteiger partial charge is 0.328 e. The number of rotatable bonds is 10. The molecule has 6 nitrogen and oxygen atoms in total. The largest absolute Gasteiger partial charge is 0.480 e. The van der Waals surface area contributed by atoms with E-state index in [1.807, 2.05) is 86.6 Å². The lowest BCUT2D eigenvalue weighted by atomic mass is 9.98. The van der Waals surface area contributed by atoms with Crippen molar-refractivity contribution in [2.75, 3.05) is 11.9 Å². The van der Waals surface area contributed by atoms with Gasteiger partial charge in [0.1, 0.15) is 6.04 Å². The van der Waals surface area contributed by atoms with Gasteiger partial charge in [-0.1, -0.05) is 92.7 Å². The molecule has 0 radical (unpaired) electrons. The molecule has 0 aliphatic carbocycles. The highest BCUT2D eigenvalue weighted by Gasteiger charge is 2.31. The molecule has 3 aromatic carbocycles. The van der Waals surface area contributed by atoms with Crippen molar-refractivity contribution in [2.45, 2.75) is 51.7 Å². The summed E-state index contributed by atoms with van der Waals surface area (Å²) in [5, 5.41) is 13.0. The molecule has 1 fully saturated rings. The van der Waals surface area contributed by atoms with Crippen molar-refractivity contribution in [2.24, 2.45) is 10.9 Å². The highest BCUT2D eigenvalue weighted by atomic mass is 16.4. The van der Waals surface area contributed by atoms with Crippen molar-refractivity contribution in [1.29, 1.82) is 0 Å². The zero-order valence-corrected chi connectivity index (χ0v) is 21.5. The molecule has 192 valence electrons. The summed E-state index contributed by atoms with van der Waals surface area (Å²) in [7, 11) is 0. The lowest BCUT2D eigenvalue weighted by molar-refractivity contribution is -0.138. The second kappa shape index (κ2) is 12.5. The van der Waals surface area contributed by atoms with Crippen molar-refractivity contribution < 1.29 is 14.7 Å². The van der Waals surface area contributed by atoms with Gasteiger partial charge < -0.3 is 10.4 Å². The Morgan fingerprint density at radius 3 is 2.30 bits per heavy atom. The number of aliphatic imine (C=N–C) groups is 1. The minimum Gasteiger partial charge on any atom is -0.480 e. The van der Waals surface area contributed by atoms with Crippen LogP contribution >= 0.6 is 0 Å². The van der Waals surface area contributed by atoms with Gasteiger partial charge in [0, 0.05) is 17.7 Å². The molecule has 37 heavy (non-hydrogen) atoms. The first kappa shape index (κ1) is 26.3. The maximum atomic E-state index is 13.5. The number of nitrogens with one attached hydrogen (secondary N) is 1. The zero-order valence-electron chi connectivity index (χ0n) is 21.5. The van der Waals surface area contributed by atoms with Crippen LogP contribution in [0, 0.1) is 5.92 Å². The highest BCUT2D eigenvalue weighted by Crippen LogP contribution is 2.25. The van der Waals surface area contributed by atoms with Crippen LogP contribution in [0.5, 0.6) is 0 Å². The number of anilines is 1. The summed E-state index contributed by atoms with van der Waals surface area (Å²) in [5.41, 5.74) is 3.91. The normalized spacial score (nSPS) is 17.1. The minimum atomic E-state index is -0.953. The first-order valence-electron chi connectivity index (χ1n) is 13.0. The van der Waals surface area contributed by atoms with Gasteiger partial charge in [0.15, 0.2) is 0 Å². The van der Waals surface area contributed by atoms with Crippen LogP contribution in [-0.2, 0) is 16.1 Å². The second-order valence-corrected chi connectivity index (χ2v) is 9.98. The molecule has 2 N–H and O–H groups in total. The monoisotopic (exact) mass is 497 g/mol. The van der Waals surface area contributed by atoms with Crippen molar-refractivity contribution in [1.82, 2.24) is 4.90 Å². The predicted octanol–water partition coefficient (Wildman–Crippen LogP) is 5.63. The molecule has 1 heterocycles. The number of carbonyl (C=O) groups excluding carboxylic acids is 1. The maximum absolute atomic E-state index is 13.5. The summed E-state index contributed by atoms with van der Waals surface area (Å²) in [6.45, 7) is 5.59. The van der Waals surface area contributed by atoms with Crippen LogP contribution in [0.2, 0.25) is 0 Å². The number of likely N-dealkylation sites (tertiary alicyclic amines) is 1. The Morgan fingerprint density at radius 2 is 1.62 bits per heavy atom. The van der Waals surface area contributed by atoms with Gasteiger partial charge in [0.2, 0.25) is 5.91 Å². The van der Waals surface area contributed by atoms with Crippen LogP contribution in [0.15, 0.2) is 89.9 Å². The molecule has 0 spiro atoms. The van der Waals surface area contributed by atoms with E-state index in [2.05, 4.69) is 22.3 Å². The third-order valence-electron chi connectivity index (χ3n) is 6.65. The summed E-state index contributed by atoms with van der Waals surface area (Å²) in [4.78, 5) is 32.6. The van der Waals surface area contributed by atoms with Crippen LogP contribution < -0.4 is 5.32 Å². The van der Waals surface area contributed by atoms with Crippen molar-refractivity contribution >= 4 is 23.3 Å². The van der Waals surface area contributed by atoms with Crippen molar-refractivity contribution in [3.63, 3.8) is 0 Å². The molecule has 2 atom stereocenters. The van der Waals surface area contributed by atoms with Crippen LogP contribution in [0.4, 0.5) is 5.69 Å². The van der Waals surface area contributed by atoms with E-state index in [0.717, 1.165) is 31.5 Å². The van der Waals surface area contributed by atoms with Gasteiger partial charge in [-0.25, -0.2) is 4.79 Å². The molecule has 1 amide bonds. The van der Waals surface area contributed by atoms with Gasteiger partial charge in [-0.3, -0.25) is 14.7 Å². The van der Waals surface area contributed by atoms with E-state index < -0.39 is 12.0 Å².